The van der Waals surface area contributed by atoms with Crippen LogP contribution >= 0.6 is 0 Å². The van der Waals surface area contributed by atoms with Gasteiger partial charge in [-0.3, -0.25) is 9.59 Å². The summed E-state index contributed by atoms with van der Waals surface area (Å²) in [7, 11) is 0. The summed E-state index contributed by atoms with van der Waals surface area (Å²) in [5.74, 6) is 0.309. The van der Waals surface area contributed by atoms with Crippen LogP contribution in [0.2, 0.25) is 0 Å². The molecule has 3 heterocycles. The molecular formula is C33H19N5O2. The highest BCUT2D eigenvalue weighted by molar-refractivity contribution is 6.09. The third kappa shape index (κ3) is 3.15. The smallest absolute Gasteiger partial charge is 0.268 e. The molecule has 0 aliphatic carbocycles. The molecular weight excluding hydrogens is 498 g/mol. The first kappa shape index (κ1) is 22.3. The van der Waals surface area contributed by atoms with Crippen molar-refractivity contribution < 1.29 is 0 Å². The van der Waals surface area contributed by atoms with Gasteiger partial charge in [-0.25, -0.2) is 23.9 Å². The van der Waals surface area contributed by atoms with Crippen LogP contribution < -0.4 is 11.1 Å². The molecule has 0 bridgehead atoms. The average molecular weight is 518 g/mol. The van der Waals surface area contributed by atoms with Gasteiger partial charge in [0.1, 0.15) is 0 Å². The van der Waals surface area contributed by atoms with Crippen molar-refractivity contribution in [3.05, 3.63) is 136 Å². The van der Waals surface area contributed by atoms with Gasteiger partial charge in [-0.05, 0) is 35.7 Å². The molecule has 7 heteroatoms. The average Bonchev–Trinajstić information content (AvgIpc) is 3.01. The van der Waals surface area contributed by atoms with Crippen LogP contribution in [-0.2, 0) is 0 Å². The van der Waals surface area contributed by atoms with Crippen LogP contribution in [0.1, 0.15) is 0 Å². The molecule has 8 rings (SSSR count). The highest BCUT2D eigenvalue weighted by atomic mass is 16.1. The number of hydrogen-bond acceptors (Lipinski definition) is 5. The van der Waals surface area contributed by atoms with E-state index in [0.717, 1.165) is 21.7 Å². The molecule has 3 aromatic heterocycles. The normalized spacial score (nSPS) is 11.7. The summed E-state index contributed by atoms with van der Waals surface area (Å²) < 4.78 is 2.85. The molecule has 0 atom stereocenters. The minimum atomic E-state index is -0.351. The Hall–Kier alpha value is -5.69. The van der Waals surface area contributed by atoms with Crippen molar-refractivity contribution in [1.29, 1.82) is 0 Å². The van der Waals surface area contributed by atoms with Gasteiger partial charge in [0.2, 0.25) is 11.7 Å². The number of para-hydroxylation sites is 2. The lowest BCUT2D eigenvalue weighted by atomic mass is 10.0. The maximum Gasteiger partial charge on any atom is 0.269 e. The molecule has 0 unspecified atom stereocenters. The second kappa shape index (κ2) is 8.41. The molecule has 0 saturated heterocycles. The molecule has 0 N–H and O–H groups in total. The Balaban J connectivity index is 1.61. The number of nitrogens with zero attached hydrogens (tertiary/aromatic N) is 5. The molecule has 0 amide bonds. The number of aromatic nitrogens is 5. The van der Waals surface area contributed by atoms with Gasteiger partial charge in [0.15, 0.2) is 0 Å². The fourth-order valence-electron chi connectivity index (χ4n) is 5.50. The van der Waals surface area contributed by atoms with E-state index in [2.05, 4.69) is 6.07 Å². The molecule has 0 fully saturated rings. The van der Waals surface area contributed by atoms with E-state index in [-0.39, 0.29) is 22.8 Å². The third-order valence-corrected chi connectivity index (χ3v) is 7.36. The van der Waals surface area contributed by atoms with E-state index in [1.54, 1.807) is 42.5 Å². The second-order valence-electron chi connectivity index (χ2n) is 9.65. The summed E-state index contributed by atoms with van der Waals surface area (Å²) >= 11 is 0. The van der Waals surface area contributed by atoms with Crippen LogP contribution in [0.3, 0.4) is 0 Å². The summed E-state index contributed by atoms with van der Waals surface area (Å²) in [4.78, 5) is 42.8. The van der Waals surface area contributed by atoms with Gasteiger partial charge >= 0.3 is 0 Å². The molecule has 0 saturated carbocycles. The Kier molecular flexibility index (Phi) is 4.69. The molecule has 0 spiro atoms. The second-order valence-corrected chi connectivity index (χ2v) is 9.65. The lowest BCUT2D eigenvalue weighted by Gasteiger charge is -2.15. The van der Waals surface area contributed by atoms with Crippen LogP contribution in [0.25, 0.3) is 66.5 Å². The van der Waals surface area contributed by atoms with E-state index in [1.165, 1.54) is 8.97 Å². The first-order chi connectivity index (χ1) is 19.7. The van der Waals surface area contributed by atoms with Crippen molar-refractivity contribution in [3.8, 4) is 17.2 Å². The third-order valence-electron chi connectivity index (χ3n) is 7.36. The minimum absolute atomic E-state index is 0.151. The Morgan fingerprint density at radius 2 is 1.23 bits per heavy atom. The van der Waals surface area contributed by atoms with Crippen molar-refractivity contribution in [1.82, 2.24) is 23.9 Å². The number of rotatable bonds is 2. The Morgan fingerprint density at radius 1 is 0.525 bits per heavy atom. The predicted octanol–water partition coefficient (Wildman–Crippen LogP) is 5.92. The lowest BCUT2D eigenvalue weighted by Crippen LogP contribution is -2.29. The van der Waals surface area contributed by atoms with Crippen LogP contribution in [0.5, 0.6) is 0 Å². The highest BCUT2D eigenvalue weighted by Crippen LogP contribution is 2.32. The van der Waals surface area contributed by atoms with Crippen molar-refractivity contribution in [2.24, 2.45) is 0 Å². The zero-order valence-electron chi connectivity index (χ0n) is 21.0. The van der Waals surface area contributed by atoms with Crippen molar-refractivity contribution >= 4 is 49.3 Å². The largest absolute Gasteiger partial charge is 0.269 e. The summed E-state index contributed by atoms with van der Waals surface area (Å²) in [6, 6.07) is 36.1. The van der Waals surface area contributed by atoms with E-state index < -0.39 is 0 Å². The van der Waals surface area contributed by atoms with Crippen molar-refractivity contribution in [2.75, 3.05) is 0 Å². The molecule has 0 radical (unpaired) electrons. The van der Waals surface area contributed by atoms with Crippen molar-refractivity contribution in [2.45, 2.75) is 0 Å². The molecule has 8 aromatic rings. The Labute approximate surface area is 226 Å². The zero-order chi connectivity index (χ0) is 26.8. The maximum atomic E-state index is 14.2. The fourth-order valence-corrected chi connectivity index (χ4v) is 5.50. The summed E-state index contributed by atoms with van der Waals surface area (Å²) in [5, 5.41) is 3.66. The van der Waals surface area contributed by atoms with Gasteiger partial charge in [-0.15, -0.1) is 0 Å². The van der Waals surface area contributed by atoms with Gasteiger partial charge in [0.25, 0.3) is 11.1 Å². The van der Waals surface area contributed by atoms with E-state index in [4.69, 9.17) is 15.0 Å². The fraction of sp³-hybridized carbons (Fsp3) is 0. The molecule has 0 aliphatic rings. The van der Waals surface area contributed by atoms with Crippen LogP contribution in [0.4, 0.5) is 0 Å². The van der Waals surface area contributed by atoms with E-state index in [0.29, 0.717) is 33.0 Å². The van der Waals surface area contributed by atoms with Gasteiger partial charge in [0, 0.05) is 16.3 Å². The van der Waals surface area contributed by atoms with Crippen LogP contribution in [0.15, 0.2) is 125 Å². The predicted molar refractivity (Wildman–Crippen MR) is 158 cm³/mol. The highest BCUT2D eigenvalue weighted by Gasteiger charge is 2.20. The first-order valence-electron chi connectivity index (χ1n) is 12.9. The topological polar surface area (TPSA) is 82.1 Å². The van der Waals surface area contributed by atoms with Gasteiger partial charge in [-0.2, -0.15) is 0 Å². The zero-order valence-corrected chi connectivity index (χ0v) is 21.0. The van der Waals surface area contributed by atoms with Gasteiger partial charge in [-0.1, -0.05) is 84.9 Å². The first-order valence-corrected chi connectivity index (χ1v) is 12.9. The summed E-state index contributed by atoms with van der Waals surface area (Å²) in [6.07, 6.45) is 0. The molecule has 40 heavy (non-hydrogen) atoms. The van der Waals surface area contributed by atoms with E-state index in [9.17, 15) is 9.59 Å². The van der Waals surface area contributed by atoms with Gasteiger partial charge < -0.3 is 0 Å². The van der Waals surface area contributed by atoms with Crippen LogP contribution in [0, 0.1) is 0 Å². The lowest BCUT2D eigenvalue weighted by molar-refractivity contribution is 0.882. The summed E-state index contributed by atoms with van der Waals surface area (Å²) in [6.45, 7) is 0. The monoisotopic (exact) mass is 517 g/mol. The number of benzene rings is 5. The van der Waals surface area contributed by atoms with E-state index in [1.807, 2.05) is 66.7 Å². The van der Waals surface area contributed by atoms with Crippen molar-refractivity contribution in [3.63, 3.8) is 0 Å². The maximum absolute atomic E-state index is 14.2. The quantitative estimate of drug-likeness (QED) is 0.210. The van der Waals surface area contributed by atoms with Crippen LogP contribution in [-0.4, -0.2) is 23.9 Å². The standard InChI is InChI=1S/C33H19N5O2/c39-30-23-14-6-8-16-26(23)34-33-37(30)27-17-9-7-15-24(27)31(40)38(33)32-35-28(21-11-2-1-3-12-21)25-19-18-20-10-4-5-13-22(20)29(25)36-32/h1-19H. The molecule has 0 aliphatic heterocycles. The number of fused-ring (bicyclic) bond motifs is 7. The van der Waals surface area contributed by atoms with Gasteiger partial charge in [0.05, 0.1) is 33.0 Å². The summed E-state index contributed by atoms with van der Waals surface area (Å²) in [5.41, 5.74) is 2.65. The minimum Gasteiger partial charge on any atom is -0.268 e. The molecule has 5 aromatic carbocycles. The molecule has 7 nitrogen and oxygen atoms in total. The van der Waals surface area contributed by atoms with E-state index >= 15 is 0 Å². The Morgan fingerprint density at radius 3 is 2.08 bits per heavy atom. The Bertz CT molecular complexity index is 2430. The number of hydrogen-bond donors (Lipinski definition) is 0. The molecule has 188 valence electrons. The SMILES string of the molecule is O=c1c2ccccc2n2c(=O)c3ccccc3nc2n1-c1nc(-c2ccccc2)c2ccc3ccccc3c2n1.